The van der Waals surface area contributed by atoms with Gasteiger partial charge in [0.25, 0.3) is 0 Å². The molecule has 2 heteroatoms. The maximum Gasteiger partial charge on any atom is 0.0720 e. The summed E-state index contributed by atoms with van der Waals surface area (Å²) in [5.41, 5.74) is 3.99. The summed E-state index contributed by atoms with van der Waals surface area (Å²) in [7, 11) is 0. The fraction of sp³-hybridized carbons (Fsp3) is 0.259. The summed E-state index contributed by atoms with van der Waals surface area (Å²) in [6.45, 7) is 1.66. The molecule has 2 heterocycles. The van der Waals surface area contributed by atoms with Gasteiger partial charge >= 0.3 is 0 Å². The molecule has 3 aromatic rings. The first-order valence-corrected chi connectivity index (χ1v) is 10.6. The van der Waals surface area contributed by atoms with Crippen LogP contribution in [0.15, 0.2) is 103 Å². The third-order valence-corrected chi connectivity index (χ3v) is 6.28. The largest absolute Gasteiger partial charge is 0.373 e. The van der Waals surface area contributed by atoms with Crippen molar-refractivity contribution in [2.45, 2.75) is 43.7 Å². The lowest BCUT2D eigenvalue weighted by Gasteiger charge is -2.45. The van der Waals surface area contributed by atoms with Crippen LogP contribution in [0.1, 0.15) is 29.0 Å². The lowest BCUT2D eigenvalue weighted by atomic mass is 9.81. The highest BCUT2D eigenvalue weighted by Gasteiger charge is 2.45. The van der Waals surface area contributed by atoms with Crippen molar-refractivity contribution >= 4 is 0 Å². The van der Waals surface area contributed by atoms with Crippen molar-refractivity contribution < 1.29 is 4.74 Å². The fourth-order valence-electron chi connectivity index (χ4n) is 4.88. The molecule has 0 aromatic heterocycles. The first kappa shape index (κ1) is 18.4. The van der Waals surface area contributed by atoms with Crippen LogP contribution in [0.4, 0.5) is 0 Å². The second kappa shape index (κ2) is 8.36. The van der Waals surface area contributed by atoms with E-state index in [1.165, 1.54) is 16.7 Å². The van der Waals surface area contributed by atoms with Crippen LogP contribution in [0.3, 0.4) is 0 Å². The quantitative estimate of drug-likeness (QED) is 0.518. The van der Waals surface area contributed by atoms with Gasteiger partial charge in [0.15, 0.2) is 0 Å². The van der Waals surface area contributed by atoms with Crippen LogP contribution >= 0.6 is 0 Å². The highest BCUT2D eigenvalue weighted by Crippen LogP contribution is 2.43. The van der Waals surface area contributed by atoms with E-state index in [0.29, 0.717) is 24.6 Å². The lowest BCUT2D eigenvalue weighted by Crippen LogP contribution is -2.50. The van der Waals surface area contributed by atoms with Crippen LogP contribution < -0.4 is 0 Å². The molecule has 2 nitrogen and oxygen atoms in total. The van der Waals surface area contributed by atoms with Crippen molar-refractivity contribution in [3.8, 4) is 0 Å². The molecule has 4 atom stereocenters. The van der Waals surface area contributed by atoms with Gasteiger partial charge in [-0.1, -0.05) is 103 Å². The Morgan fingerprint density at radius 1 is 0.724 bits per heavy atom. The Balaban J connectivity index is 1.40. The van der Waals surface area contributed by atoms with E-state index in [1.54, 1.807) is 0 Å². The van der Waals surface area contributed by atoms with Crippen molar-refractivity contribution in [2.75, 3.05) is 0 Å². The monoisotopic (exact) mass is 381 g/mol. The van der Waals surface area contributed by atoms with E-state index in [9.17, 15) is 0 Å². The van der Waals surface area contributed by atoms with E-state index < -0.39 is 0 Å². The van der Waals surface area contributed by atoms with Crippen LogP contribution in [0.25, 0.3) is 0 Å². The van der Waals surface area contributed by atoms with Gasteiger partial charge in [-0.15, -0.1) is 0 Å². The Labute approximate surface area is 173 Å². The van der Waals surface area contributed by atoms with Crippen LogP contribution in [0, 0.1) is 0 Å². The normalized spacial score (nSPS) is 25.9. The summed E-state index contributed by atoms with van der Waals surface area (Å²) in [6.07, 6.45) is 6.06. The molecule has 1 fully saturated rings. The van der Waals surface area contributed by atoms with E-state index in [-0.39, 0.29) is 6.10 Å². The number of piperidine rings is 1. The molecule has 5 rings (SSSR count). The van der Waals surface area contributed by atoms with Gasteiger partial charge in [-0.3, -0.25) is 4.90 Å². The number of fused-ring (bicyclic) bond motifs is 2. The number of hydrogen-bond acceptors (Lipinski definition) is 2. The lowest BCUT2D eigenvalue weighted by molar-refractivity contribution is -0.0423. The molecule has 0 radical (unpaired) electrons. The van der Waals surface area contributed by atoms with Crippen LogP contribution in [-0.4, -0.2) is 23.1 Å². The zero-order valence-electron chi connectivity index (χ0n) is 16.6. The molecule has 146 valence electrons. The summed E-state index contributed by atoms with van der Waals surface area (Å²) in [6, 6.07) is 33.1. The maximum atomic E-state index is 6.55. The molecule has 3 aromatic carbocycles. The molecule has 0 saturated carbocycles. The SMILES string of the molecule is C1=C[C@H]2C[C@@H](OCc3ccccc3)[C@@H](c3ccccc3)[C@@H]1N2Cc1ccccc1. The minimum atomic E-state index is 0.217. The van der Waals surface area contributed by atoms with E-state index in [0.717, 1.165) is 13.0 Å². The van der Waals surface area contributed by atoms with Crippen LogP contribution in [0.5, 0.6) is 0 Å². The average molecular weight is 382 g/mol. The Morgan fingerprint density at radius 3 is 2.03 bits per heavy atom. The number of nitrogens with zero attached hydrogens (tertiary/aromatic N) is 1. The van der Waals surface area contributed by atoms with E-state index >= 15 is 0 Å². The van der Waals surface area contributed by atoms with Gasteiger partial charge in [-0.05, 0) is 23.1 Å². The van der Waals surface area contributed by atoms with Crippen molar-refractivity contribution in [1.29, 1.82) is 0 Å². The van der Waals surface area contributed by atoms with Crippen molar-refractivity contribution in [3.63, 3.8) is 0 Å². The smallest absolute Gasteiger partial charge is 0.0720 e. The Hall–Kier alpha value is -2.68. The van der Waals surface area contributed by atoms with Gasteiger partial charge in [0.2, 0.25) is 0 Å². The van der Waals surface area contributed by atoms with Crippen molar-refractivity contribution in [1.82, 2.24) is 4.90 Å². The van der Waals surface area contributed by atoms with Gasteiger partial charge in [0, 0.05) is 24.5 Å². The summed E-state index contributed by atoms with van der Waals surface area (Å²) in [4.78, 5) is 2.65. The molecular formula is C27H27NO. The van der Waals surface area contributed by atoms with Gasteiger partial charge in [-0.25, -0.2) is 0 Å². The topological polar surface area (TPSA) is 12.5 Å². The first-order valence-electron chi connectivity index (χ1n) is 10.6. The van der Waals surface area contributed by atoms with Crippen molar-refractivity contribution in [2.24, 2.45) is 0 Å². The van der Waals surface area contributed by atoms with Gasteiger partial charge in [-0.2, -0.15) is 0 Å². The van der Waals surface area contributed by atoms with Crippen LogP contribution in [-0.2, 0) is 17.9 Å². The third kappa shape index (κ3) is 3.91. The molecule has 0 spiro atoms. The van der Waals surface area contributed by atoms with Gasteiger partial charge in [0.1, 0.15) is 0 Å². The first-order chi connectivity index (χ1) is 14.4. The number of benzene rings is 3. The molecule has 29 heavy (non-hydrogen) atoms. The van der Waals surface area contributed by atoms with Gasteiger partial charge < -0.3 is 4.74 Å². The molecular weight excluding hydrogens is 354 g/mol. The van der Waals surface area contributed by atoms with E-state index in [1.807, 2.05) is 0 Å². The standard InChI is InChI=1S/C27H27NO/c1-4-10-21(11-5-1)19-28-24-16-17-25(28)27(23-14-8-3-9-15-23)26(18-24)29-20-22-12-6-2-7-13-22/h1-17,24-27H,18-20H2/t24-,25+,26+,27-/m0/s1. The molecule has 1 saturated heterocycles. The molecule has 0 aliphatic carbocycles. The van der Waals surface area contributed by atoms with Gasteiger partial charge in [0.05, 0.1) is 12.7 Å². The molecule has 0 N–H and O–H groups in total. The second-order valence-electron chi connectivity index (χ2n) is 8.11. The Kier molecular flexibility index (Phi) is 5.29. The molecule has 2 aliphatic rings. The highest BCUT2D eigenvalue weighted by molar-refractivity contribution is 5.31. The molecule has 0 unspecified atom stereocenters. The summed E-state index contributed by atoms with van der Waals surface area (Å²) >= 11 is 0. The highest BCUT2D eigenvalue weighted by atomic mass is 16.5. The van der Waals surface area contributed by atoms with E-state index in [4.69, 9.17) is 4.74 Å². The summed E-state index contributed by atoms with van der Waals surface area (Å²) < 4.78 is 6.55. The number of ether oxygens (including phenoxy) is 1. The zero-order chi connectivity index (χ0) is 19.5. The predicted molar refractivity (Wildman–Crippen MR) is 118 cm³/mol. The van der Waals surface area contributed by atoms with Crippen molar-refractivity contribution in [3.05, 3.63) is 120 Å². The fourth-order valence-corrected chi connectivity index (χ4v) is 4.88. The third-order valence-electron chi connectivity index (χ3n) is 6.28. The number of rotatable bonds is 6. The molecule has 2 bridgehead atoms. The average Bonchev–Trinajstić information content (AvgIpc) is 3.05. The minimum absolute atomic E-state index is 0.217. The zero-order valence-corrected chi connectivity index (χ0v) is 16.6. The second-order valence-corrected chi connectivity index (χ2v) is 8.11. The summed E-state index contributed by atoms with van der Waals surface area (Å²) in [5.74, 6) is 0.346. The predicted octanol–water partition coefficient (Wildman–Crippen LogP) is 5.57. The molecule has 2 aliphatic heterocycles. The van der Waals surface area contributed by atoms with Crippen LogP contribution in [0.2, 0.25) is 0 Å². The Bertz CT molecular complexity index is 938. The molecule has 0 amide bonds. The van der Waals surface area contributed by atoms with E-state index in [2.05, 4.69) is 108 Å². The summed E-state index contributed by atoms with van der Waals surface area (Å²) in [5, 5.41) is 0. The number of hydrogen-bond donors (Lipinski definition) is 0. The minimum Gasteiger partial charge on any atom is -0.373 e. The Morgan fingerprint density at radius 2 is 1.34 bits per heavy atom. The maximum absolute atomic E-state index is 6.55.